The van der Waals surface area contributed by atoms with Crippen molar-refractivity contribution in [3.8, 4) is 0 Å². The molecule has 1 fully saturated rings. The van der Waals surface area contributed by atoms with E-state index < -0.39 is 0 Å². The number of carbonyl (C=O) groups excluding carboxylic acids is 2. The van der Waals surface area contributed by atoms with Gasteiger partial charge in [-0.3, -0.25) is 9.59 Å². The summed E-state index contributed by atoms with van der Waals surface area (Å²) < 4.78 is 0. The second kappa shape index (κ2) is 9.10. The maximum absolute atomic E-state index is 12.3. The summed E-state index contributed by atoms with van der Waals surface area (Å²) in [6.07, 6.45) is 3.55. The summed E-state index contributed by atoms with van der Waals surface area (Å²) in [5, 5.41) is 5.08. The molecule has 1 aliphatic rings. The fourth-order valence-electron chi connectivity index (χ4n) is 3.43. The van der Waals surface area contributed by atoms with E-state index in [1.165, 1.54) is 16.9 Å². The molecule has 1 amide bonds. The highest BCUT2D eigenvalue weighted by Gasteiger charge is 2.21. The van der Waals surface area contributed by atoms with Gasteiger partial charge < -0.3 is 10.2 Å². The molecule has 1 aliphatic heterocycles. The molecule has 1 unspecified atom stereocenters. The van der Waals surface area contributed by atoms with Gasteiger partial charge in [-0.15, -0.1) is 11.3 Å². The molecule has 1 aromatic heterocycles. The molecule has 0 radical (unpaired) electrons. The number of benzene rings is 1. The van der Waals surface area contributed by atoms with E-state index in [-0.39, 0.29) is 17.7 Å². The Labute approximate surface area is 159 Å². The van der Waals surface area contributed by atoms with Crippen LogP contribution < -0.4 is 5.32 Å². The van der Waals surface area contributed by atoms with Gasteiger partial charge in [0.15, 0.2) is 5.78 Å². The van der Waals surface area contributed by atoms with Crippen molar-refractivity contribution in [2.24, 2.45) is 0 Å². The minimum absolute atomic E-state index is 0.0489. The predicted molar refractivity (Wildman–Crippen MR) is 106 cm³/mol. The van der Waals surface area contributed by atoms with E-state index in [4.69, 9.17) is 0 Å². The SMILES string of the molecule is CC(=O)c1cc(CC(=O)NC2CCCN(CCc3ccccc3)C2)cs1. The van der Waals surface area contributed by atoms with Gasteiger partial charge in [-0.1, -0.05) is 30.3 Å². The van der Waals surface area contributed by atoms with Crippen LogP contribution in [-0.2, 0) is 17.6 Å². The zero-order valence-corrected chi connectivity index (χ0v) is 16.1. The summed E-state index contributed by atoms with van der Waals surface area (Å²) in [6, 6.07) is 12.6. The lowest BCUT2D eigenvalue weighted by Gasteiger charge is -2.33. The molecule has 0 aliphatic carbocycles. The predicted octanol–water partition coefficient (Wildman–Crippen LogP) is 3.32. The summed E-state index contributed by atoms with van der Waals surface area (Å²) in [6.45, 7) is 4.61. The third-order valence-electron chi connectivity index (χ3n) is 4.80. The van der Waals surface area contributed by atoms with E-state index in [0.717, 1.165) is 49.3 Å². The van der Waals surface area contributed by atoms with Gasteiger partial charge in [-0.05, 0) is 55.3 Å². The van der Waals surface area contributed by atoms with E-state index in [9.17, 15) is 9.59 Å². The number of carbonyl (C=O) groups is 2. The summed E-state index contributed by atoms with van der Waals surface area (Å²) >= 11 is 1.41. The number of thiophene rings is 1. The first-order chi connectivity index (χ1) is 12.6. The van der Waals surface area contributed by atoms with E-state index >= 15 is 0 Å². The van der Waals surface area contributed by atoms with Gasteiger partial charge in [-0.2, -0.15) is 0 Å². The molecule has 3 rings (SSSR count). The Balaban J connectivity index is 1.45. The molecule has 26 heavy (non-hydrogen) atoms. The molecule has 2 heterocycles. The number of Topliss-reactive ketones (excluding diaryl/α,β-unsaturated/α-hetero) is 1. The van der Waals surface area contributed by atoms with Gasteiger partial charge in [-0.25, -0.2) is 0 Å². The number of rotatable bonds is 7. The minimum atomic E-state index is 0.0489. The highest BCUT2D eigenvalue weighted by molar-refractivity contribution is 7.12. The highest BCUT2D eigenvalue weighted by Crippen LogP contribution is 2.16. The average Bonchev–Trinajstić information content (AvgIpc) is 3.10. The van der Waals surface area contributed by atoms with Crippen LogP contribution in [0.15, 0.2) is 41.8 Å². The molecule has 1 aromatic carbocycles. The zero-order valence-electron chi connectivity index (χ0n) is 15.2. The van der Waals surface area contributed by atoms with Crippen molar-refractivity contribution in [1.29, 1.82) is 0 Å². The van der Waals surface area contributed by atoms with Crippen LogP contribution in [0.5, 0.6) is 0 Å². The maximum atomic E-state index is 12.3. The van der Waals surface area contributed by atoms with Crippen LogP contribution in [0.2, 0.25) is 0 Å². The van der Waals surface area contributed by atoms with Crippen molar-refractivity contribution in [3.63, 3.8) is 0 Å². The Bertz CT molecular complexity index is 741. The summed E-state index contributed by atoms with van der Waals surface area (Å²) in [4.78, 5) is 26.9. The first kappa shape index (κ1) is 18.8. The highest BCUT2D eigenvalue weighted by atomic mass is 32.1. The topological polar surface area (TPSA) is 49.4 Å². The van der Waals surface area contributed by atoms with Crippen molar-refractivity contribution in [1.82, 2.24) is 10.2 Å². The van der Waals surface area contributed by atoms with Crippen LogP contribution in [0.3, 0.4) is 0 Å². The van der Waals surface area contributed by atoms with Gasteiger partial charge in [0.25, 0.3) is 0 Å². The molecule has 0 bridgehead atoms. The van der Waals surface area contributed by atoms with Crippen LogP contribution in [0, 0.1) is 0 Å². The first-order valence-corrected chi connectivity index (χ1v) is 10.1. The molecule has 4 nitrogen and oxygen atoms in total. The summed E-state index contributed by atoms with van der Waals surface area (Å²) in [7, 11) is 0. The summed E-state index contributed by atoms with van der Waals surface area (Å²) in [5.74, 6) is 0.107. The first-order valence-electron chi connectivity index (χ1n) is 9.24. The lowest BCUT2D eigenvalue weighted by Crippen LogP contribution is -2.48. The smallest absolute Gasteiger partial charge is 0.224 e. The van der Waals surface area contributed by atoms with Crippen molar-refractivity contribution in [2.45, 2.75) is 38.6 Å². The average molecular weight is 371 g/mol. The minimum Gasteiger partial charge on any atom is -0.352 e. The van der Waals surface area contributed by atoms with Crippen LogP contribution in [0.1, 0.15) is 40.6 Å². The Kier molecular flexibility index (Phi) is 6.58. The molecule has 0 saturated carbocycles. The zero-order chi connectivity index (χ0) is 18.4. The number of amides is 1. The lowest BCUT2D eigenvalue weighted by molar-refractivity contribution is -0.121. The largest absolute Gasteiger partial charge is 0.352 e. The molecule has 1 N–H and O–H groups in total. The van der Waals surface area contributed by atoms with Gasteiger partial charge >= 0.3 is 0 Å². The number of hydrogen-bond acceptors (Lipinski definition) is 4. The third kappa shape index (κ3) is 5.51. The third-order valence-corrected chi connectivity index (χ3v) is 5.88. The fourth-order valence-corrected chi connectivity index (χ4v) is 4.24. The number of piperidine rings is 1. The van der Waals surface area contributed by atoms with Crippen LogP contribution in [0.4, 0.5) is 0 Å². The quantitative estimate of drug-likeness (QED) is 0.761. The summed E-state index contributed by atoms with van der Waals surface area (Å²) in [5.41, 5.74) is 2.28. The molecule has 1 atom stereocenters. The van der Waals surface area contributed by atoms with Crippen molar-refractivity contribution in [3.05, 3.63) is 57.8 Å². The Hall–Kier alpha value is -1.98. The van der Waals surface area contributed by atoms with E-state index in [2.05, 4.69) is 34.5 Å². The van der Waals surface area contributed by atoms with Crippen LogP contribution in [-0.4, -0.2) is 42.3 Å². The molecule has 1 saturated heterocycles. The molecular formula is C21H26N2O2S. The standard InChI is InChI=1S/C21H26N2O2S/c1-16(24)20-12-18(15-26-20)13-21(25)22-19-8-5-10-23(14-19)11-9-17-6-3-2-4-7-17/h2-4,6-7,12,15,19H,5,8-11,13-14H2,1H3,(H,22,25). The number of likely N-dealkylation sites (tertiary alicyclic amines) is 1. The molecule has 0 spiro atoms. The molecule has 2 aromatic rings. The second-order valence-electron chi connectivity index (χ2n) is 7.00. The number of ketones is 1. The van der Waals surface area contributed by atoms with E-state index in [1.807, 2.05) is 17.5 Å². The van der Waals surface area contributed by atoms with Crippen LogP contribution in [0.25, 0.3) is 0 Å². The lowest BCUT2D eigenvalue weighted by atomic mass is 10.0. The Morgan fingerprint density at radius 1 is 1.23 bits per heavy atom. The van der Waals surface area contributed by atoms with Gasteiger partial charge in [0.1, 0.15) is 0 Å². The van der Waals surface area contributed by atoms with Crippen molar-refractivity contribution in [2.75, 3.05) is 19.6 Å². The Morgan fingerprint density at radius 2 is 2.04 bits per heavy atom. The molecule has 138 valence electrons. The van der Waals surface area contributed by atoms with Crippen molar-refractivity contribution < 1.29 is 9.59 Å². The van der Waals surface area contributed by atoms with Gasteiger partial charge in [0.05, 0.1) is 11.3 Å². The molecule has 5 heteroatoms. The van der Waals surface area contributed by atoms with Crippen LogP contribution >= 0.6 is 11.3 Å². The normalized spacial score (nSPS) is 17.8. The van der Waals surface area contributed by atoms with E-state index in [0.29, 0.717) is 6.42 Å². The monoisotopic (exact) mass is 370 g/mol. The fraction of sp³-hybridized carbons (Fsp3) is 0.429. The van der Waals surface area contributed by atoms with Gasteiger partial charge in [0, 0.05) is 19.1 Å². The van der Waals surface area contributed by atoms with E-state index in [1.54, 1.807) is 6.92 Å². The maximum Gasteiger partial charge on any atom is 0.224 e. The molecular weight excluding hydrogens is 344 g/mol. The van der Waals surface area contributed by atoms with Gasteiger partial charge in [0.2, 0.25) is 5.91 Å². The number of nitrogens with one attached hydrogen (secondary N) is 1. The number of nitrogens with zero attached hydrogens (tertiary/aromatic N) is 1. The Morgan fingerprint density at radius 3 is 2.77 bits per heavy atom. The number of hydrogen-bond donors (Lipinski definition) is 1. The van der Waals surface area contributed by atoms with Crippen molar-refractivity contribution >= 4 is 23.0 Å². The second-order valence-corrected chi connectivity index (χ2v) is 7.91.